The van der Waals surface area contributed by atoms with Gasteiger partial charge in [-0.15, -0.1) is 5.10 Å². The molecule has 0 aliphatic carbocycles. The Kier molecular flexibility index (Phi) is 5.09. The van der Waals surface area contributed by atoms with Gasteiger partial charge < -0.3 is 5.32 Å². The first-order valence-electron chi connectivity index (χ1n) is 6.39. The summed E-state index contributed by atoms with van der Waals surface area (Å²) in [6, 6.07) is 0. The number of H-pyrrole nitrogens is 1. The number of carbonyl (C=O) groups excluding carboxylic acids is 1. The topological polar surface area (TPSA) is 128 Å². The van der Waals surface area contributed by atoms with Crippen LogP contribution in [0, 0.1) is 6.92 Å². The lowest BCUT2D eigenvalue weighted by atomic mass is 10.4. The molecular weight excluding hydrogens is 310 g/mol. The molecule has 0 saturated carbocycles. The molecule has 0 atom stereocenters. The molecule has 0 fully saturated rings. The Bertz CT molecular complexity index is 778. The molecule has 0 saturated heterocycles. The van der Waals surface area contributed by atoms with E-state index >= 15 is 0 Å². The molecule has 11 heteroatoms. The van der Waals surface area contributed by atoms with Gasteiger partial charge in [-0.05, 0) is 17.4 Å². The summed E-state index contributed by atoms with van der Waals surface area (Å²) in [4.78, 5) is 36.7. The number of aromatic amines is 1. The molecule has 2 heterocycles. The molecule has 10 nitrogen and oxygen atoms in total. The molecule has 0 aliphatic rings. The van der Waals surface area contributed by atoms with Gasteiger partial charge >= 0.3 is 5.69 Å². The van der Waals surface area contributed by atoms with Crippen molar-refractivity contribution >= 4 is 17.7 Å². The molecule has 0 spiro atoms. The van der Waals surface area contributed by atoms with Crippen LogP contribution in [0.4, 0.5) is 0 Å². The van der Waals surface area contributed by atoms with Crippen LogP contribution in [-0.2, 0) is 18.4 Å². The second-order valence-electron chi connectivity index (χ2n) is 4.48. The number of nitrogens with zero attached hydrogens (tertiary/aromatic N) is 5. The summed E-state index contributed by atoms with van der Waals surface area (Å²) in [5.41, 5.74) is -0.682. The first-order valence-corrected chi connectivity index (χ1v) is 7.38. The van der Waals surface area contributed by atoms with Crippen molar-refractivity contribution in [3.63, 3.8) is 0 Å². The zero-order valence-corrected chi connectivity index (χ0v) is 12.9. The highest BCUT2D eigenvalue weighted by Gasteiger charge is 2.07. The van der Waals surface area contributed by atoms with Crippen LogP contribution in [0.15, 0.2) is 20.9 Å². The van der Waals surface area contributed by atoms with E-state index in [4.69, 9.17) is 0 Å². The van der Waals surface area contributed by atoms with E-state index < -0.39 is 11.2 Å². The predicted molar refractivity (Wildman–Crippen MR) is 78.6 cm³/mol. The normalized spacial score (nSPS) is 10.6. The third kappa shape index (κ3) is 4.04. The molecule has 0 aromatic carbocycles. The average molecular weight is 325 g/mol. The summed E-state index contributed by atoms with van der Waals surface area (Å²) >= 11 is 1.41. The number of aromatic nitrogens is 6. The van der Waals surface area contributed by atoms with Crippen LogP contribution in [-0.4, -0.2) is 48.0 Å². The number of carbonyl (C=O) groups is 1. The molecule has 2 aromatic heterocycles. The fourth-order valence-electron chi connectivity index (χ4n) is 1.62. The Hall–Kier alpha value is -2.43. The highest BCUT2D eigenvalue weighted by Crippen LogP contribution is 2.10. The van der Waals surface area contributed by atoms with Gasteiger partial charge in [-0.25, -0.2) is 9.48 Å². The van der Waals surface area contributed by atoms with Crippen molar-refractivity contribution in [3.8, 4) is 0 Å². The smallest absolute Gasteiger partial charge is 0.328 e. The van der Waals surface area contributed by atoms with E-state index in [-0.39, 0.29) is 12.5 Å². The van der Waals surface area contributed by atoms with E-state index in [1.54, 1.807) is 14.0 Å². The number of hydrogen-bond donors (Lipinski definition) is 2. The first kappa shape index (κ1) is 15.9. The molecule has 118 valence electrons. The molecule has 1 amide bonds. The second-order valence-corrected chi connectivity index (χ2v) is 5.54. The van der Waals surface area contributed by atoms with Gasteiger partial charge in [0.25, 0.3) is 5.56 Å². The minimum absolute atomic E-state index is 0.146. The van der Waals surface area contributed by atoms with Crippen molar-refractivity contribution in [1.82, 2.24) is 35.1 Å². The van der Waals surface area contributed by atoms with Gasteiger partial charge in [0.2, 0.25) is 11.1 Å². The average Bonchev–Trinajstić information content (AvgIpc) is 2.86. The van der Waals surface area contributed by atoms with Crippen LogP contribution in [0.25, 0.3) is 0 Å². The fourth-order valence-corrected chi connectivity index (χ4v) is 2.33. The van der Waals surface area contributed by atoms with Crippen LogP contribution in [0.3, 0.4) is 0 Å². The maximum Gasteiger partial charge on any atom is 0.328 e. The minimum atomic E-state index is -0.606. The Morgan fingerprint density at radius 2 is 2.23 bits per heavy atom. The Balaban J connectivity index is 1.81. The molecular formula is C11H15N7O3S. The van der Waals surface area contributed by atoms with Gasteiger partial charge in [-0.1, -0.05) is 11.8 Å². The zero-order valence-electron chi connectivity index (χ0n) is 12.1. The highest BCUT2D eigenvalue weighted by molar-refractivity contribution is 7.99. The van der Waals surface area contributed by atoms with Crippen molar-refractivity contribution in [2.45, 2.75) is 18.6 Å². The number of nitrogens with one attached hydrogen (secondary N) is 2. The summed E-state index contributed by atoms with van der Waals surface area (Å²) in [6.45, 7) is 1.83. The van der Waals surface area contributed by atoms with E-state index in [1.165, 1.54) is 22.6 Å². The minimum Gasteiger partial charge on any atom is -0.354 e. The maximum atomic E-state index is 11.8. The summed E-state index contributed by atoms with van der Waals surface area (Å²) < 4.78 is 2.70. The van der Waals surface area contributed by atoms with Gasteiger partial charge in [-0.2, -0.15) is 0 Å². The van der Waals surface area contributed by atoms with Crippen molar-refractivity contribution in [1.29, 1.82) is 0 Å². The molecule has 0 unspecified atom stereocenters. The second kappa shape index (κ2) is 7.02. The molecule has 2 aromatic rings. The van der Waals surface area contributed by atoms with E-state index in [1.807, 2.05) is 0 Å². The Morgan fingerprint density at radius 3 is 2.91 bits per heavy atom. The van der Waals surface area contributed by atoms with Crippen molar-refractivity contribution in [2.75, 3.05) is 12.3 Å². The largest absolute Gasteiger partial charge is 0.354 e. The van der Waals surface area contributed by atoms with Crippen LogP contribution >= 0.6 is 11.8 Å². The monoisotopic (exact) mass is 325 g/mol. The van der Waals surface area contributed by atoms with Crippen molar-refractivity contribution in [2.24, 2.45) is 7.05 Å². The fraction of sp³-hybridized carbons (Fsp3) is 0.455. The zero-order chi connectivity index (χ0) is 16.1. The van der Waals surface area contributed by atoms with Gasteiger partial charge in [0.1, 0.15) is 6.54 Å². The van der Waals surface area contributed by atoms with Gasteiger partial charge in [-0.3, -0.25) is 19.1 Å². The Labute approximate surface area is 128 Å². The summed E-state index contributed by atoms with van der Waals surface area (Å²) in [5, 5.41) is 14.3. The van der Waals surface area contributed by atoms with Crippen LogP contribution in [0.2, 0.25) is 0 Å². The number of aryl methyl sites for hydroxylation is 2. The molecule has 0 radical (unpaired) electrons. The lowest BCUT2D eigenvalue weighted by Gasteiger charge is -2.07. The number of amides is 1. The van der Waals surface area contributed by atoms with Gasteiger partial charge in [0.05, 0.1) is 0 Å². The molecule has 0 aliphatic heterocycles. The number of hydrogen-bond acceptors (Lipinski definition) is 7. The molecule has 22 heavy (non-hydrogen) atoms. The maximum absolute atomic E-state index is 11.8. The predicted octanol–water partition coefficient (Wildman–Crippen LogP) is -1.72. The highest BCUT2D eigenvalue weighted by atomic mass is 32.2. The summed E-state index contributed by atoms with van der Waals surface area (Å²) in [6.07, 6.45) is 1.36. The first-order chi connectivity index (χ1) is 10.5. The van der Waals surface area contributed by atoms with Crippen LogP contribution in [0.5, 0.6) is 0 Å². The summed E-state index contributed by atoms with van der Waals surface area (Å²) in [7, 11) is 1.73. The quantitative estimate of drug-likeness (QED) is 0.477. The molecule has 2 N–H and O–H groups in total. The van der Waals surface area contributed by atoms with Gasteiger partial charge in [0, 0.05) is 31.1 Å². The SMILES string of the molecule is Cc1cn(CC(=O)NCCSc2nnnn2C)c(=O)[nH]c1=O. The van der Waals surface area contributed by atoms with E-state index in [0.29, 0.717) is 23.0 Å². The third-order valence-corrected chi connectivity index (χ3v) is 3.75. The van der Waals surface area contributed by atoms with E-state index in [9.17, 15) is 14.4 Å². The molecule has 2 rings (SSSR count). The number of rotatable bonds is 6. The number of thioether (sulfide) groups is 1. The van der Waals surface area contributed by atoms with Crippen LogP contribution in [0.1, 0.15) is 5.56 Å². The van der Waals surface area contributed by atoms with Crippen LogP contribution < -0.4 is 16.6 Å². The summed E-state index contributed by atoms with van der Waals surface area (Å²) in [5.74, 6) is 0.282. The number of tetrazole rings is 1. The van der Waals surface area contributed by atoms with Gasteiger partial charge in [0.15, 0.2) is 0 Å². The lowest BCUT2D eigenvalue weighted by Crippen LogP contribution is -2.37. The molecule has 0 bridgehead atoms. The third-order valence-electron chi connectivity index (χ3n) is 2.74. The van der Waals surface area contributed by atoms with E-state index in [2.05, 4.69) is 25.8 Å². The standard InChI is InChI=1S/C11H15N7O3S/c1-7-5-18(10(21)13-9(7)20)6-8(19)12-3-4-22-11-14-15-16-17(11)2/h5H,3-4,6H2,1-2H3,(H,12,19)(H,13,20,21). The Morgan fingerprint density at radius 1 is 1.45 bits per heavy atom. The van der Waals surface area contributed by atoms with E-state index in [0.717, 1.165) is 4.57 Å². The van der Waals surface area contributed by atoms with Crippen molar-refractivity contribution < 1.29 is 4.79 Å². The van der Waals surface area contributed by atoms with Crippen molar-refractivity contribution in [3.05, 3.63) is 32.6 Å². The lowest BCUT2D eigenvalue weighted by molar-refractivity contribution is -0.121.